The maximum atomic E-state index is 13.4. The van der Waals surface area contributed by atoms with Crippen LogP contribution in [0.2, 0.25) is 0 Å². The second kappa shape index (κ2) is 3.31. The summed E-state index contributed by atoms with van der Waals surface area (Å²) in [5, 5.41) is 9.64. The Morgan fingerprint density at radius 1 is 1.40 bits per heavy atom. The summed E-state index contributed by atoms with van der Waals surface area (Å²) >= 11 is 0. The molecule has 2 unspecified atom stereocenters. The largest absolute Gasteiger partial charge is 0.393 e. The number of aliphatic hydroxyl groups is 1. The molecular formula is C13H17FO. The number of halogens is 1. The zero-order valence-corrected chi connectivity index (χ0v) is 9.42. The smallest absolute Gasteiger partial charge is 0.126 e. The zero-order valence-electron chi connectivity index (χ0n) is 9.42. The number of aliphatic hydroxyl groups excluding tert-OH is 1. The summed E-state index contributed by atoms with van der Waals surface area (Å²) in [6.45, 7) is 5.83. The third-order valence-corrected chi connectivity index (χ3v) is 3.81. The van der Waals surface area contributed by atoms with E-state index in [0.29, 0.717) is 5.56 Å². The lowest BCUT2D eigenvalue weighted by molar-refractivity contribution is -0.0626. The highest BCUT2D eigenvalue weighted by molar-refractivity contribution is 5.30. The Labute approximate surface area is 89.9 Å². The fraction of sp³-hybridized carbons (Fsp3) is 0.538. The predicted molar refractivity (Wildman–Crippen MR) is 58.3 cm³/mol. The predicted octanol–water partition coefficient (Wildman–Crippen LogP) is 3.01. The molecule has 0 bridgehead atoms. The van der Waals surface area contributed by atoms with Crippen LogP contribution in [0, 0.1) is 18.2 Å². The molecule has 1 N–H and O–H groups in total. The number of hydrogen-bond donors (Lipinski definition) is 1. The van der Waals surface area contributed by atoms with Gasteiger partial charge in [0.2, 0.25) is 0 Å². The quantitative estimate of drug-likeness (QED) is 0.752. The molecule has 2 heteroatoms. The molecule has 1 nitrogen and oxygen atoms in total. The SMILES string of the molecule is Cc1ccc(C2CC(O)C2(C)C)cc1F. The van der Waals surface area contributed by atoms with Crippen molar-refractivity contribution in [1.82, 2.24) is 0 Å². The first-order valence-corrected chi connectivity index (χ1v) is 5.37. The normalized spacial score (nSPS) is 28.6. The van der Waals surface area contributed by atoms with Gasteiger partial charge in [0.05, 0.1) is 6.10 Å². The fourth-order valence-electron chi connectivity index (χ4n) is 2.29. The van der Waals surface area contributed by atoms with Crippen molar-refractivity contribution in [2.45, 2.75) is 39.2 Å². The average Bonchev–Trinajstić information content (AvgIpc) is 2.19. The zero-order chi connectivity index (χ0) is 11.2. The lowest BCUT2D eigenvalue weighted by Gasteiger charge is -2.49. The molecule has 0 saturated heterocycles. The minimum absolute atomic E-state index is 0.123. The van der Waals surface area contributed by atoms with Crippen molar-refractivity contribution >= 4 is 0 Å². The number of benzene rings is 1. The molecule has 1 fully saturated rings. The third-order valence-electron chi connectivity index (χ3n) is 3.81. The van der Waals surface area contributed by atoms with Gasteiger partial charge in [0.1, 0.15) is 5.82 Å². The number of aryl methyl sites for hydroxylation is 1. The van der Waals surface area contributed by atoms with Crippen LogP contribution >= 0.6 is 0 Å². The summed E-state index contributed by atoms with van der Waals surface area (Å²) in [6, 6.07) is 5.38. The average molecular weight is 208 g/mol. The van der Waals surface area contributed by atoms with Gasteiger partial charge in [-0.15, -0.1) is 0 Å². The summed E-state index contributed by atoms with van der Waals surface area (Å²) in [7, 11) is 0. The van der Waals surface area contributed by atoms with E-state index >= 15 is 0 Å². The molecule has 1 aliphatic carbocycles. The van der Waals surface area contributed by atoms with Crippen molar-refractivity contribution in [3.63, 3.8) is 0 Å². The first-order chi connectivity index (χ1) is 6.93. The molecule has 2 atom stereocenters. The Kier molecular flexibility index (Phi) is 2.34. The Bertz CT molecular complexity index is 384. The van der Waals surface area contributed by atoms with Crippen LogP contribution in [0.1, 0.15) is 37.3 Å². The Balaban J connectivity index is 2.29. The third kappa shape index (κ3) is 1.57. The summed E-state index contributed by atoms with van der Waals surface area (Å²) in [5.41, 5.74) is 1.56. The molecule has 0 aromatic heterocycles. The Morgan fingerprint density at radius 3 is 2.53 bits per heavy atom. The summed E-state index contributed by atoms with van der Waals surface area (Å²) in [5.74, 6) is 0.132. The van der Waals surface area contributed by atoms with Crippen LogP contribution in [0.25, 0.3) is 0 Å². The van der Waals surface area contributed by atoms with Crippen LogP contribution in [0.15, 0.2) is 18.2 Å². The summed E-state index contributed by atoms with van der Waals surface area (Å²) < 4.78 is 13.4. The van der Waals surface area contributed by atoms with E-state index < -0.39 is 0 Å². The second-order valence-corrected chi connectivity index (χ2v) is 5.13. The molecule has 0 spiro atoms. The highest BCUT2D eigenvalue weighted by Crippen LogP contribution is 2.52. The highest BCUT2D eigenvalue weighted by Gasteiger charge is 2.47. The highest BCUT2D eigenvalue weighted by atomic mass is 19.1. The fourth-order valence-corrected chi connectivity index (χ4v) is 2.29. The topological polar surface area (TPSA) is 20.2 Å². The molecule has 0 amide bonds. The van der Waals surface area contributed by atoms with Crippen molar-refractivity contribution < 1.29 is 9.50 Å². The van der Waals surface area contributed by atoms with E-state index in [1.807, 2.05) is 26.0 Å². The van der Waals surface area contributed by atoms with Gasteiger partial charge in [0.25, 0.3) is 0 Å². The molecule has 1 aromatic carbocycles. The molecule has 1 aliphatic rings. The molecule has 15 heavy (non-hydrogen) atoms. The minimum atomic E-state index is -0.258. The lowest BCUT2D eigenvalue weighted by atomic mass is 9.58. The molecule has 0 radical (unpaired) electrons. The second-order valence-electron chi connectivity index (χ2n) is 5.13. The first kappa shape index (κ1) is 10.6. The summed E-state index contributed by atoms with van der Waals surface area (Å²) in [6.07, 6.45) is 0.488. The van der Waals surface area contributed by atoms with Crippen molar-refractivity contribution in [2.75, 3.05) is 0 Å². The minimum Gasteiger partial charge on any atom is -0.393 e. The van der Waals surface area contributed by atoms with Crippen molar-refractivity contribution in [3.8, 4) is 0 Å². The van der Waals surface area contributed by atoms with Gasteiger partial charge >= 0.3 is 0 Å². The van der Waals surface area contributed by atoms with Crippen LogP contribution in [-0.2, 0) is 0 Å². The van der Waals surface area contributed by atoms with E-state index in [0.717, 1.165) is 12.0 Å². The molecule has 1 aromatic rings. The molecule has 0 heterocycles. The van der Waals surface area contributed by atoms with E-state index in [1.54, 1.807) is 13.0 Å². The maximum absolute atomic E-state index is 13.4. The Hall–Kier alpha value is -0.890. The number of hydrogen-bond acceptors (Lipinski definition) is 1. The molecule has 0 aliphatic heterocycles. The van der Waals surface area contributed by atoms with Crippen LogP contribution in [0.5, 0.6) is 0 Å². The monoisotopic (exact) mass is 208 g/mol. The first-order valence-electron chi connectivity index (χ1n) is 5.37. The van der Waals surface area contributed by atoms with E-state index in [1.165, 1.54) is 0 Å². The van der Waals surface area contributed by atoms with E-state index in [-0.39, 0.29) is 23.3 Å². The number of rotatable bonds is 1. The molecule has 82 valence electrons. The van der Waals surface area contributed by atoms with Crippen molar-refractivity contribution in [2.24, 2.45) is 5.41 Å². The molecule has 1 saturated carbocycles. The molecular weight excluding hydrogens is 191 g/mol. The van der Waals surface area contributed by atoms with Gasteiger partial charge < -0.3 is 5.11 Å². The van der Waals surface area contributed by atoms with Gasteiger partial charge in [0.15, 0.2) is 0 Å². The van der Waals surface area contributed by atoms with E-state index in [4.69, 9.17) is 0 Å². The standard InChI is InChI=1S/C13H17FO/c1-8-4-5-9(6-11(8)14)10-7-12(15)13(10,2)3/h4-6,10,12,15H,7H2,1-3H3. The lowest BCUT2D eigenvalue weighted by Crippen LogP contribution is -2.47. The van der Waals surface area contributed by atoms with Gasteiger partial charge in [0, 0.05) is 0 Å². The van der Waals surface area contributed by atoms with Crippen LogP contribution < -0.4 is 0 Å². The van der Waals surface area contributed by atoms with E-state index in [9.17, 15) is 9.50 Å². The van der Waals surface area contributed by atoms with Crippen LogP contribution in [0.3, 0.4) is 0 Å². The maximum Gasteiger partial charge on any atom is 0.126 e. The Morgan fingerprint density at radius 2 is 2.07 bits per heavy atom. The van der Waals surface area contributed by atoms with Gasteiger partial charge in [-0.2, -0.15) is 0 Å². The van der Waals surface area contributed by atoms with Crippen LogP contribution in [0.4, 0.5) is 4.39 Å². The van der Waals surface area contributed by atoms with Gasteiger partial charge in [-0.25, -0.2) is 4.39 Å². The van der Waals surface area contributed by atoms with E-state index in [2.05, 4.69) is 0 Å². The summed E-state index contributed by atoms with van der Waals surface area (Å²) in [4.78, 5) is 0. The van der Waals surface area contributed by atoms with Crippen LogP contribution in [-0.4, -0.2) is 11.2 Å². The molecule has 2 rings (SSSR count). The van der Waals surface area contributed by atoms with Crippen molar-refractivity contribution in [3.05, 3.63) is 35.1 Å². The van der Waals surface area contributed by atoms with Gasteiger partial charge in [-0.3, -0.25) is 0 Å². The van der Waals surface area contributed by atoms with Gasteiger partial charge in [-0.05, 0) is 41.9 Å². The van der Waals surface area contributed by atoms with Crippen molar-refractivity contribution in [1.29, 1.82) is 0 Å². The van der Waals surface area contributed by atoms with Gasteiger partial charge in [-0.1, -0.05) is 26.0 Å².